The first kappa shape index (κ1) is 16.6. The minimum absolute atomic E-state index is 0.112. The first-order chi connectivity index (χ1) is 8.32. The highest BCUT2D eigenvalue weighted by Crippen LogP contribution is 2.04. The molecule has 18 heavy (non-hydrogen) atoms. The number of carbonyl (C=O) groups is 2. The Kier molecular flexibility index (Phi) is 8.02. The third-order valence-corrected chi connectivity index (χ3v) is 2.36. The molecule has 1 atom stereocenters. The van der Waals surface area contributed by atoms with E-state index in [1.807, 2.05) is 13.8 Å². The summed E-state index contributed by atoms with van der Waals surface area (Å²) < 4.78 is 0. The number of thiocarbonyl (C=S) groups is 1. The molecule has 0 fully saturated rings. The molecule has 0 aromatic rings. The van der Waals surface area contributed by atoms with E-state index in [1.165, 1.54) is 6.92 Å². The zero-order chi connectivity index (χ0) is 14.1. The van der Waals surface area contributed by atoms with E-state index in [0.29, 0.717) is 19.5 Å². The molecule has 0 rings (SSSR count). The second kappa shape index (κ2) is 8.68. The predicted octanol–water partition coefficient (Wildman–Crippen LogP) is 0.0859. The number of nitrogens with one attached hydrogen (secondary N) is 3. The second-order valence-corrected chi connectivity index (χ2v) is 4.81. The fourth-order valence-corrected chi connectivity index (χ4v) is 1.56. The summed E-state index contributed by atoms with van der Waals surface area (Å²) in [5.74, 6) is -0.769. The first-order valence-electron chi connectivity index (χ1n) is 5.84. The van der Waals surface area contributed by atoms with Crippen LogP contribution in [0.25, 0.3) is 0 Å². The van der Waals surface area contributed by atoms with E-state index < -0.39 is 12.0 Å². The molecule has 7 heteroatoms. The minimum atomic E-state index is -0.922. The van der Waals surface area contributed by atoms with Crippen molar-refractivity contribution in [1.82, 2.24) is 16.0 Å². The minimum Gasteiger partial charge on any atom is -0.480 e. The van der Waals surface area contributed by atoms with Crippen LogP contribution in [-0.4, -0.2) is 41.2 Å². The molecule has 0 aliphatic rings. The molecule has 1 amide bonds. The normalized spacial score (nSPS) is 11.8. The van der Waals surface area contributed by atoms with Gasteiger partial charge >= 0.3 is 5.97 Å². The van der Waals surface area contributed by atoms with E-state index in [4.69, 9.17) is 17.3 Å². The van der Waals surface area contributed by atoms with Crippen LogP contribution < -0.4 is 16.0 Å². The number of carbonyl (C=O) groups excluding carboxylic acids is 1. The number of carboxylic acids is 1. The summed E-state index contributed by atoms with van der Waals surface area (Å²) in [6.07, 6.45) is 0.503. The van der Waals surface area contributed by atoms with Crippen LogP contribution in [0.2, 0.25) is 0 Å². The third kappa shape index (κ3) is 8.74. The summed E-state index contributed by atoms with van der Waals surface area (Å²) in [5.41, 5.74) is 0. The standard InChI is InChI=1S/C11H21N3O3S/c1-7(2)6-9(10(16)17)14-11(18)13-5-4-12-8(3)15/h7,9H,4-6H2,1-3H3,(H,12,15)(H,16,17)(H2,13,14,18). The number of hydrogen-bond acceptors (Lipinski definition) is 3. The lowest BCUT2D eigenvalue weighted by Crippen LogP contribution is -2.47. The fraction of sp³-hybridized carbons (Fsp3) is 0.727. The second-order valence-electron chi connectivity index (χ2n) is 4.40. The largest absolute Gasteiger partial charge is 0.480 e. The molecule has 0 spiro atoms. The van der Waals surface area contributed by atoms with Crippen molar-refractivity contribution in [2.45, 2.75) is 33.2 Å². The lowest BCUT2D eigenvalue weighted by Gasteiger charge is -2.18. The topological polar surface area (TPSA) is 90.5 Å². The van der Waals surface area contributed by atoms with Crippen molar-refractivity contribution >= 4 is 29.2 Å². The lowest BCUT2D eigenvalue weighted by molar-refractivity contribution is -0.139. The molecule has 0 aliphatic carbocycles. The molecule has 0 saturated carbocycles. The van der Waals surface area contributed by atoms with E-state index in [0.717, 1.165) is 0 Å². The lowest BCUT2D eigenvalue weighted by atomic mass is 10.0. The van der Waals surface area contributed by atoms with Crippen LogP contribution in [0.5, 0.6) is 0 Å². The number of amides is 1. The quantitative estimate of drug-likeness (QED) is 0.389. The molecule has 0 heterocycles. The highest BCUT2D eigenvalue weighted by molar-refractivity contribution is 7.80. The maximum absolute atomic E-state index is 11.0. The molecule has 0 radical (unpaired) electrons. The van der Waals surface area contributed by atoms with Gasteiger partial charge in [0.25, 0.3) is 0 Å². The first-order valence-corrected chi connectivity index (χ1v) is 6.25. The predicted molar refractivity (Wildman–Crippen MR) is 73.3 cm³/mol. The van der Waals surface area contributed by atoms with Crippen LogP contribution in [0.3, 0.4) is 0 Å². The Morgan fingerprint density at radius 3 is 2.22 bits per heavy atom. The summed E-state index contributed by atoms with van der Waals surface area (Å²) in [6, 6.07) is -0.689. The molecule has 0 saturated heterocycles. The zero-order valence-electron chi connectivity index (χ0n) is 10.9. The molecular formula is C11H21N3O3S. The van der Waals surface area contributed by atoms with Crippen LogP contribution in [-0.2, 0) is 9.59 Å². The Morgan fingerprint density at radius 2 is 1.78 bits per heavy atom. The van der Waals surface area contributed by atoms with Crippen molar-refractivity contribution in [2.24, 2.45) is 5.92 Å². The highest BCUT2D eigenvalue weighted by Gasteiger charge is 2.19. The van der Waals surface area contributed by atoms with Crippen molar-refractivity contribution in [1.29, 1.82) is 0 Å². The van der Waals surface area contributed by atoms with Gasteiger partial charge in [-0.05, 0) is 24.6 Å². The molecule has 6 nitrogen and oxygen atoms in total. The summed E-state index contributed by atoms with van der Waals surface area (Å²) in [5, 5.41) is 17.5. The van der Waals surface area contributed by atoms with Gasteiger partial charge in [0.15, 0.2) is 5.11 Å². The maximum Gasteiger partial charge on any atom is 0.326 e. The van der Waals surface area contributed by atoms with E-state index in [2.05, 4.69) is 16.0 Å². The van der Waals surface area contributed by atoms with Crippen LogP contribution in [0.15, 0.2) is 0 Å². The Balaban J connectivity index is 3.95. The molecule has 0 aromatic carbocycles. The summed E-state index contributed by atoms with van der Waals surface area (Å²) in [4.78, 5) is 21.6. The number of rotatable bonds is 7. The van der Waals surface area contributed by atoms with Crippen molar-refractivity contribution in [3.63, 3.8) is 0 Å². The fourth-order valence-electron chi connectivity index (χ4n) is 1.32. The van der Waals surface area contributed by atoms with Crippen molar-refractivity contribution in [3.05, 3.63) is 0 Å². The Labute approximate surface area is 113 Å². The molecule has 0 aromatic heterocycles. The number of aliphatic carboxylic acids is 1. The van der Waals surface area contributed by atoms with Gasteiger partial charge in [-0.25, -0.2) is 4.79 Å². The third-order valence-electron chi connectivity index (χ3n) is 2.10. The molecule has 4 N–H and O–H groups in total. The number of hydrogen-bond donors (Lipinski definition) is 4. The van der Waals surface area contributed by atoms with Gasteiger partial charge in [0, 0.05) is 20.0 Å². The summed E-state index contributed by atoms with van der Waals surface area (Å²) in [6.45, 7) is 6.23. The van der Waals surface area contributed by atoms with Crippen LogP contribution in [0, 0.1) is 5.92 Å². The van der Waals surface area contributed by atoms with Gasteiger partial charge in [-0.2, -0.15) is 0 Å². The Morgan fingerprint density at radius 1 is 1.22 bits per heavy atom. The SMILES string of the molecule is CC(=O)NCCNC(=S)NC(CC(C)C)C(=O)O. The van der Waals surface area contributed by atoms with Crippen LogP contribution >= 0.6 is 12.2 Å². The van der Waals surface area contributed by atoms with Gasteiger partial charge in [-0.1, -0.05) is 13.8 Å². The highest BCUT2D eigenvalue weighted by atomic mass is 32.1. The average Bonchev–Trinajstić information content (AvgIpc) is 2.22. The smallest absolute Gasteiger partial charge is 0.326 e. The molecule has 1 unspecified atom stereocenters. The van der Waals surface area contributed by atoms with Gasteiger partial charge in [-0.3, -0.25) is 4.79 Å². The van der Waals surface area contributed by atoms with E-state index in [1.54, 1.807) is 0 Å². The molecule has 0 aliphatic heterocycles. The van der Waals surface area contributed by atoms with Crippen LogP contribution in [0.1, 0.15) is 27.2 Å². The van der Waals surface area contributed by atoms with E-state index in [9.17, 15) is 9.59 Å². The van der Waals surface area contributed by atoms with Gasteiger partial charge in [-0.15, -0.1) is 0 Å². The maximum atomic E-state index is 11.0. The van der Waals surface area contributed by atoms with Crippen molar-refractivity contribution in [2.75, 3.05) is 13.1 Å². The monoisotopic (exact) mass is 275 g/mol. The number of carboxylic acid groups (broad SMARTS) is 1. The van der Waals surface area contributed by atoms with E-state index >= 15 is 0 Å². The molecule has 104 valence electrons. The summed E-state index contributed by atoms with van der Waals surface area (Å²) in [7, 11) is 0. The van der Waals surface area contributed by atoms with Gasteiger partial charge < -0.3 is 21.1 Å². The molecular weight excluding hydrogens is 254 g/mol. The van der Waals surface area contributed by atoms with Crippen molar-refractivity contribution < 1.29 is 14.7 Å². The van der Waals surface area contributed by atoms with E-state index in [-0.39, 0.29) is 16.9 Å². The van der Waals surface area contributed by atoms with Gasteiger partial charge in [0.1, 0.15) is 6.04 Å². The zero-order valence-corrected chi connectivity index (χ0v) is 11.8. The Bertz CT molecular complexity index is 308. The van der Waals surface area contributed by atoms with Gasteiger partial charge in [0.05, 0.1) is 0 Å². The Hall–Kier alpha value is -1.37. The summed E-state index contributed by atoms with van der Waals surface area (Å²) >= 11 is 4.98. The van der Waals surface area contributed by atoms with Crippen LogP contribution in [0.4, 0.5) is 0 Å². The molecule has 0 bridgehead atoms. The van der Waals surface area contributed by atoms with Crippen molar-refractivity contribution in [3.8, 4) is 0 Å². The average molecular weight is 275 g/mol. The van der Waals surface area contributed by atoms with Gasteiger partial charge in [0.2, 0.25) is 5.91 Å².